The van der Waals surface area contributed by atoms with E-state index in [1.807, 2.05) is 202 Å². The smallest absolute Gasteiger partial charge is 0.480 e. The van der Waals surface area contributed by atoms with Gasteiger partial charge < -0.3 is 35.5 Å². The third-order valence-corrected chi connectivity index (χ3v) is 20.7. The van der Waals surface area contributed by atoms with Crippen LogP contribution in [-0.2, 0) is 65.1 Å². The van der Waals surface area contributed by atoms with Gasteiger partial charge in [0.15, 0.2) is 0 Å². The Labute approximate surface area is 691 Å². The average molecular weight is 1710 g/mol. The molecule has 18 nitrogen and oxygen atoms in total. The predicted octanol–water partition coefficient (Wildman–Crippen LogP) is 19.3. The lowest BCUT2D eigenvalue weighted by Crippen LogP contribution is -2.52. The van der Waals surface area contributed by atoms with E-state index >= 15 is 0 Å². The topological polar surface area (TPSA) is 259 Å². The number of rotatable bonds is 18. The van der Waals surface area contributed by atoms with Gasteiger partial charge in [0, 0.05) is 78.0 Å². The summed E-state index contributed by atoms with van der Waals surface area (Å²) in [7, 11) is 5.08. The van der Waals surface area contributed by atoms with Crippen LogP contribution in [-0.4, -0.2) is 117 Å². The fourth-order valence-electron chi connectivity index (χ4n) is 12.4. The van der Waals surface area contributed by atoms with Gasteiger partial charge in [-0.3, -0.25) is 38.5 Å². The van der Waals surface area contributed by atoms with Crippen molar-refractivity contribution in [3.05, 3.63) is 270 Å². The van der Waals surface area contributed by atoms with Crippen molar-refractivity contribution in [2.24, 2.45) is 26.9 Å². The Kier molecular flexibility index (Phi) is 29.8. The van der Waals surface area contributed by atoms with Crippen molar-refractivity contribution in [3.8, 4) is 22.3 Å². The summed E-state index contributed by atoms with van der Waals surface area (Å²) in [5, 5.41) is 54.3. The second-order valence-corrected chi connectivity index (χ2v) is 30.6. The highest BCUT2D eigenvalue weighted by molar-refractivity contribution is 9.10. The van der Waals surface area contributed by atoms with Gasteiger partial charge in [0.05, 0.1) is 57.7 Å². The monoisotopic (exact) mass is 1700 g/mol. The van der Waals surface area contributed by atoms with Crippen molar-refractivity contribution in [1.29, 1.82) is 0 Å². The van der Waals surface area contributed by atoms with Gasteiger partial charge in [-0.1, -0.05) is 163 Å². The Balaban J connectivity index is 0.000000200. The van der Waals surface area contributed by atoms with Crippen molar-refractivity contribution in [2.75, 3.05) is 13.2 Å². The second-order valence-electron chi connectivity index (χ2n) is 29.7. The second kappa shape index (κ2) is 38.1. The van der Waals surface area contributed by atoms with Gasteiger partial charge in [0.2, 0.25) is 0 Å². The van der Waals surface area contributed by atoms with E-state index in [0.29, 0.717) is 18.1 Å². The summed E-state index contributed by atoms with van der Waals surface area (Å²) in [6.45, 7) is 14.9. The molecule has 119 heavy (non-hydrogen) atoms. The molecule has 7 N–H and O–H groups in total. The molecule has 13 rings (SSSR count). The number of benzene rings is 9. The number of hydrogen-bond acceptors (Lipinski definition) is 13. The fraction of sp³-hybridized carbons (Fsp3) is 0.256. The van der Waals surface area contributed by atoms with Crippen LogP contribution in [0.3, 0.4) is 0 Å². The highest BCUT2D eigenvalue weighted by Gasteiger charge is 2.52. The number of alkyl halides is 9. The number of carboxylic acids is 2. The first kappa shape index (κ1) is 93.1. The minimum atomic E-state index is -4.57. The van der Waals surface area contributed by atoms with Crippen LogP contribution in [0.4, 0.5) is 39.5 Å². The third-order valence-electron chi connectivity index (χ3n) is 20.2. The molecular weight excluding hydrogens is 1610 g/mol. The number of carbonyl (C=O) groups excluding carboxylic acids is 2. The van der Waals surface area contributed by atoms with E-state index in [2.05, 4.69) is 36.5 Å². The number of aliphatic hydroxyl groups excluding tert-OH is 2. The highest BCUT2D eigenvalue weighted by atomic mass is 79.9. The van der Waals surface area contributed by atoms with Gasteiger partial charge in [-0.05, 0) is 206 Å². The first-order chi connectivity index (χ1) is 55.3. The number of hydrogen-bond donors (Lipinski definition) is 6. The Bertz CT molecular complexity index is 5770. The number of nitrogens with two attached hydrogens (primary N) is 1. The zero-order valence-corrected chi connectivity index (χ0v) is 68.0. The normalized spacial score (nSPS) is 14.3. The van der Waals surface area contributed by atoms with E-state index in [-0.39, 0.29) is 41.8 Å². The molecule has 624 valence electrons. The maximum absolute atomic E-state index is 13.8. The number of aldehydes is 2. The summed E-state index contributed by atoms with van der Waals surface area (Å²) in [6.07, 6.45) is 2.47. The van der Waals surface area contributed by atoms with Crippen LogP contribution < -0.4 is 16.5 Å². The van der Waals surface area contributed by atoms with Crippen LogP contribution in [0.15, 0.2) is 187 Å². The van der Waals surface area contributed by atoms with Gasteiger partial charge in [0.25, 0.3) is 0 Å². The molecule has 29 heteroatoms. The van der Waals surface area contributed by atoms with Gasteiger partial charge in [-0.25, -0.2) is 0 Å². The summed E-state index contributed by atoms with van der Waals surface area (Å²) in [4.78, 5) is 43.4. The van der Waals surface area contributed by atoms with Crippen LogP contribution in [0.5, 0.6) is 0 Å². The number of aryl methyl sites for hydroxylation is 3. The summed E-state index contributed by atoms with van der Waals surface area (Å²) in [6, 6.07) is 45.3. The van der Waals surface area contributed by atoms with Crippen molar-refractivity contribution >= 4 is 122 Å². The summed E-state index contributed by atoms with van der Waals surface area (Å²) < 4.78 is 140. The molecule has 0 saturated carbocycles. The van der Waals surface area contributed by atoms with Gasteiger partial charge in [-0.15, -0.1) is 0 Å². The lowest BCUT2D eigenvalue weighted by Gasteiger charge is -2.32. The molecule has 1 saturated heterocycles. The number of carboxylic acid groups (broad SMARTS) is 2. The number of aromatic nitrogens is 6. The predicted molar refractivity (Wildman–Crippen MR) is 453 cm³/mol. The SMILES string of the molecule is C.C[C@](N)(CO)C(=O)O.Cc1c(/C=C/c2cc(C=O)ccc2C(F)(F)F)cccc1-c1ccc2cn(C)nc2c1.Cc1c(/C=C/c2cc(C=O)ccc2C(F)(F)F)cccc1B1OC(C)(C)C(C)(C)O1.Cc1c(/C=C/c2cc(CN[C@@](C)(CO)C(=O)O)ccc2C(F)(F)F)cccc1-c1ccc2cn(C)nc2c1.Cn1cc2ccc(Br)cc2n1. The lowest BCUT2D eigenvalue weighted by atomic mass is 9.75. The number of aliphatic carboxylic acids is 2. The van der Waals surface area contributed by atoms with E-state index in [4.69, 9.17) is 25.3 Å². The van der Waals surface area contributed by atoms with Crippen LogP contribution in [0, 0.1) is 20.8 Å². The minimum Gasteiger partial charge on any atom is -0.480 e. The molecule has 3 aromatic heterocycles. The van der Waals surface area contributed by atoms with Crippen LogP contribution >= 0.6 is 15.9 Å². The molecule has 0 aliphatic carbocycles. The minimum absolute atomic E-state index is 0. The molecule has 0 amide bonds. The zero-order chi connectivity index (χ0) is 86.8. The van der Waals surface area contributed by atoms with E-state index in [1.165, 1.54) is 67.8 Å². The largest absolute Gasteiger partial charge is 0.495 e. The molecular formula is C90H91BBrF9N8O10. The maximum atomic E-state index is 13.8. The maximum Gasteiger partial charge on any atom is 0.495 e. The van der Waals surface area contributed by atoms with Crippen molar-refractivity contribution in [1.82, 2.24) is 34.7 Å². The molecule has 0 spiro atoms. The Hall–Kier alpha value is -11.4. The van der Waals surface area contributed by atoms with E-state index in [9.17, 15) is 68.9 Å². The number of nitrogens with zero attached hydrogens (tertiary/aromatic N) is 6. The Morgan fingerprint density at radius 2 is 0.866 bits per heavy atom. The first-order valence-corrected chi connectivity index (χ1v) is 37.5. The first-order valence-electron chi connectivity index (χ1n) is 36.7. The van der Waals surface area contributed by atoms with Crippen LogP contribution in [0.1, 0.15) is 142 Å². The lowest BCUT2D eigenvalue weighted by molar-refractivity contribution is -0.146. The zero-order valence-electron chi connectivity index (χ0n) is 66.4. The van der Waals surface area contributed by atoms with E-state index < -0.39 is 89.8 Å². The molecule has 0 unspecified atom stereocenters. The quantitative estimate of drug-likeness (QED) is 0.0202. The number of aliphatic hydroxyl groups is 2. The molecule has 1 aliphatic heterocycles. The molecule has 0 bridgehead atoms. The van der Waals surface area contributed by atoms with E-state index in [1.54, 1.807) is 27.6 Å². The Morgan fingerprint density at radius 1 is 0.496 bits per heavy atom. The van der Waals surface area contributed by atoms with Crippen LogP contribution in [0.2, 0.25) is 0 Å². The summed E-state index contributed by atoms with van der Waals surface area (Å²) in [5.41, 5.74) is 11.7. The molecule has 0 radical (unpaired) electrons. The summed E-state index contributed by atoms with van der Waals surface area (Å²) >= 11 is 3.39. The number of fused-ring (bicyclic) bond motifs is 3. The molecule has 12 aromatic rings. The van der Waals surface area contributed by atoms with Gasteiger partial charge in [-0.2, -0.15) is 54.8 Å². The van der Waals surface area contributed by atoms with Gasteiger partial charge in [0.1, 0.15) is 23.7 Å². The van der Waals surface area contributed by atoms with Crippen molar-refractivity contribution in [2.45, 2.75) is 117 Å². The highest BCUT2D eigenvalue weighted by Crippen LogP contribution is 2.40. The summed E-state index contributed by atoms with van der Waals surface area (Å²) in [5.74, 6) is -2.45. The number of halogens is 10. The molecule has 1 aliphatic rings. The average Bonchev–Trinajstić information content (AvgIpc) is 0.948. The molecule has 9 aromatic carbocycles. The van der Waals surface area contributed by atoms with E-state index in [0.717, 1.165) is 117 Å². The fourth-order valence-corrected chi connectivity index (χ4v) is 12.8. The number of carbonyl (C=O) groups is 4. The van der Waals surface area contributed by atoms with Crippen LogP contribution in [0.25, 0.3) is 91.4 Å². The standard InChI is InChI=1S/C29H28F3N3O3.C25H19F3N2O.C23H24BF3O3.C8H7BrN2.C4H9NO3.CH4/c1-18-20(5-4-6-24(18)21-9-11-23-16-35(3)34-26(23)14-21)8-10-22-13-19(7-12-25(22)29(30,31)32)15-33-28(2,17-36)27(37)38;1-16-18(7-9-20-12-17(15-31)6-11-23(20)25(26,27)28)4-3-5-22(16)19-8-10-21-14-30(2)29-24(21)13-19;1-15-17(7-6-8-20(15)24-29-21(2,3)22(4,5)30-24)10-11-18-13-16(14-28)9-12-19(18)23(25,26)27;1-11-5-6-2-3-7(9)4-8(6)10-11;1-4(5,2-6)3(7)8;/h4-14,16,33,36H,15,17H2,1-3H3,(H,37,38);3-15H,1-2H3;6-14H,1-5H3;2-5H,1H3;6H,2,5H2,1H3,(H,7,8);1H4/b10-8+;9-7+;11-10+;;;/t28-;;;;4-;/m0...0./s1. The number of nitrogens with one attached hydrogen (secondary N) is 1. The van der Waals surface area contributed by atoms with Gasteiger partial charge >= 0.3 is 37.6 Å². The third kappa shape index (κ3) is 23.1. The molecule has 2 atom stereocenters. The van der Waals surface area contributed by atoms with Crippen molar-refractivity contribution < 1.29 is 88.4 Å². The van der Waals surface area contributed by atoms with Crippen molar-refractivity contribution in [3.63, 3.8) is 0 Å². The molecule has 4 heterocycles. The molecule has 1 fully saturated rings. The Morgan fingerprint density at radius 3 is 1.24 bits per heavy atom.